The van der Waals surface area contributed by atoms with E-state index in [9.17, 15) is 0 Å². The van der Waals surface area contributed by atoms with Gasteiger partial charge in [0.25, 0.3) is 0 Å². The molecule has 4 heteroatoms. The van der Waals surface area contributed by atoms with Crippen molar-refractivity contribution in [2.75, 3.05) is 26.7 Å². The molecule has 0 amide bonds. The fourth-order valence-corrected chi connectivity index (χ4v) is 1.11. The van der Waals surface area contributed by atoms with Crippen LogP contribution in [0.3, 0.4) is 0 Å². The van der Waals surface area contributed by atoms with Gasteiger partial charge in [0, 0.05) is 6.61 Å². The second-order valence-corrected chi connectivity index (χ2v) is 3.21. The largest absolute Gasteiger partial charge is 0.349 e. The Kier molecular flexibility index (Phi) is 5.31. The Labute approximate surface area is 80.0 Å². The summed E-state index contributed by atoms with van der Waals surface area (Å²) in [6.45, 7) is 4.91. The van der Waals surface area contributed by atoms with E-state index < -0.39 is 0 Å². The van der Waals surface area contributed by atoms with Crippen molar-refractivity contribution in [1.82, 2.24) is 10.6 Å². The zero-order valence-corrected chi connectivity index (χ0v) is 8.51. The molecule has 0 aliphatic carbocycles. The van der Waals surface area contributed by atoms with Crippen LogP contribution < -0.4 is 10.6 Å². The van der Waals surface area contributed by atoms with Crippen molar-refractivity contribution >= 4 is 0 Å². The molecule has 0 aromatic carbocycles. The number of ether oxygens (including phenoxy) is 2. The van der Waals surface area contributed by atoms with E-state index >= 15 is 0 Å². The van der Waals surface area contributed by atoms with Crippen LogP contribution in [0, 0.1) is 0 Å². The molecule has 1 heterocycles. The summed E-state index contributed by atoms with van der Waals surface area (Å²) in [5, 5.41) is 6.36. The van der Waals surface area contributed by atoms with Crippen LogP contribution in [0.15, 0.2) is 0 Å². The number of hydrogen-bond donors (Lipinski definition) is 2. The third-order valence-electron chi connectivity index (χ3n) is 1.89. The highest BCUT2D eigenvalue weighted by atomic mass is 16.8. The summed E-state index contributed by atoms with van der Waals surface area (Å²) in [5.74, 6) is 0. The Hall–Kier alpha value is -0.160. The van der Waals surface area contributed by atoms with Crippen LogP contribution in [0.25, 0.3) is 0 Å². The van der Waals surface area contributed by atoms with E-state index in [1.165, 1.54) is 0 Å². The first-order valence-corrected chi connectivity index (χ1v) is 5.03. The number of nitrogens with one attached hydrogen (secondary N) is 2. The maximum absolute atomic E-state index is 5.37. The van der Waals surface area contributed by atoms with Crippen molar-refractivity contribution in [3.8, 4) is 0 Å². The Bertz CT molecular complexity index is 133. The number of rotatable bonds is 8. The highest BCUT2D eigenvalue weighted by Gasteiger charge is 2.39. The van der Waals surface area contributed by atoms with Gasteiger partial charge >= 0.3 is 0 Å². The van der Waals surface area contributed by atoms with Gasteiger partial charge in [0.05, 0.1) is 0 Å². The molecule has 1 rings (SSSR count). The van der Waals surface area contributed by atoms with Crippen molar-refractivity contribution in [2.45, 2.75) is 32.3 Å². The van der Waals surface area contributed by atoms with Gasteiger partial charge in [-0.05, 0) is 33.0 Å². The predicted molar refractivity (Wildman–Crippen MR) is 51.5 cm³/mol. The molecule has 13 heavy (non-hydrogen) atoms. The van der Waals surface area contributed by atoms with Crippen LogP contribution in [-0.4, -0.2) is 39.3 Å². The topological polar surface area (TPSA) is 45.8 Å². The zero-order chi connectivity index (χ0) is 9.52. The molecule has 0 aromatic heterocycles. The number of hydrogen-bond acceptors (Lipinski definition) is 4. The molecule has 78 valence electrons. The Balaban J connectivity index is 1.83. The molecule has 1 fully saturated rings. The van der Waals surface area contributed by atoms with Crippen LogP contribution in [0.1, 0.15) is 19.8 Å². The van der Waals surface area contributed by atoms with E-state index in [2.05, 4.69) is 17.6 Å². The van der Waals surface area contributed by atoms with E-state index in [0.717, 1.165) is 32.5 Å². The van der Waals surface area contributed by atoms with E-state index in [-0.39, 0.29) is 12.5 Å². The van der Waals surface area contributed by atoms with Crippen LogP contribution in [0.2, 0.25) is 0 Å². The summed E-state index contributed by atoms with van der Waals surface area (Å²) in [4.78, 5) is 0. The molecular formula is C9H20N2O2. The van der Waals surface area contributed by atoms with Crippen molar-refractivity contribution < 1.29 is 9.47 Å². The Morgan fingerprint density at radius 2 is 2.23 bits per heavy atom. The van der Waals surface area contributed by atoms with Crippen molar-refractivity contribution in [3.63, 3.8) is 0 Å². The third kappa shape index (κ3) is 4.57. The van der Waals surface area contributed by atoms with E-state index in [1.807, 2.05) is 7.05 Å². The maximum Gasteiger partial charge on any atom is 0.199 e. The first-order valence-electron chi connectivity index (χ1n) is 5.03. The van der Waals surface area contributed by atoms with Gasteiger partial charge in [0.1, 0.15) is 0 Å². The van der Waals surface area contributed by atoms with Gasteiger partial charge < -0.3 is 14.8 Å². The summed E-state index contributed by atoms with van der Waals surface area (Å²) < 4.78 is 10.6. The van der Waals surface area contributed by atoms with Gasteiger partial charge in [0.2, 0.25) is 0 Å². The van der Waals surface area contributed by atoms with Gasteiger partial charge in [-0.15, -0.1) is 0 Å². The molecule has 0 aromatic rings. The SMILES string of the molecule is CCCOC1OC1NCCCNC. The van der Waals surface area contributed by atoms with Gasteiger partial charge in [-0.3, -0.25) is 5.32 Å². The minimum absolute atomic E-state index is 0.00883. The first-order chi connectivity index (χ1) is 6.38. The van der Waals surface area contributed by atoms with Crippen molar-refractivity contribution in [3.05, 3.63) is 0 Å². The lowest BCUT2D eigenvalue weighted by Gasteiger charge is -2.00. The van der Waals surface area contributed by atoms with Crippen molar-refractivity contribution in [2.24, 2.45) is 0 Å². The van der Waals surface area contributed by atoms with Crippen LogP contribution in [-0.2, 0) is 9.47 Å². The lowest BCUT2D eigenvalue weighted by atomic mass is 10.4. The van der Waals surface area contributed by atoms with Crippen LogP contribution in [0.5, 0.6) is 0 Å². The summed E-state index contributed by atoms with van der Waals surface area (Å²) in [5.41, 5.74) is 0. The summed E-state index contributed by atoms with van der Waals surface area (Å²) in [6, 6.07) is 0. The lowest BCUT2D eigenvalue weighted by Crippen LogP contribution is -2.24. The standard InChI is InChI=1S/C9H20N2O2/c1-3-7-12-9-8(13-9)11-6-4-5-10-2/h8-11H,3-7H2,1-2H3. The van der Waals surface area contributed by atoms with E-state index in [0.29, 0.717) is 0 Å². The van der Waals surface area contributed by atoms with E-state index in [4.69, 9.17) is 9.47 Å². The molecule has 0 saturated carbocycles. The minimum atomic E-state index is 0.00883. The quantitative estimate of drug-likeness (QED) is 0.425. The summed E-state index contributed by atoms with van der Waals surface area (Å²) in [7, 11) is 1.96. The smallest absolute Gasteiger partial charge is 0.199 e. The molecule has 2 atom stereocenters. The average Bonchev–Trinajstić information content (AvgIpc) is 2.88. The van der Waals surface area contributed by atoms with Gasteiger partial charge in [-0.2, -0.15) is 0 Å². The molecule has 1 saturated heterocycles. The zero-order valence-electron chi connectivity index (χ0n) is 8.51. The van der Waals surface area contributed by atoms with Gasteiger partial charge in [-0.25, -0.2) is 0 Å². The number of epoxide rings is 1. The predicted octanol–water partition coefficient (Wildman–Crippen LogP) is 0.295. The monoisotopic (exact) mass is 188 g/mol. The summed E-state index contributed by atoms with van der Waals surface area (Å²) in [6.07, 6.45) is 2.32. The third-order valence-corrected chi connectivity index (χ3v) is 1.89. The molecule has 2 unspecified atom stereocenters. The van der Waals surface area contributed by atoms with Crippen LogP contribution in [0.4, 0.5) is 0 Å². The molecule has 2 N–H and O–H groups in total. The molecule has 0 radical (unpaired) electrons. The minimum Gasteiger partial charge on any atom is -0.349 e. The second-order valence-electron chi connectivity index (χ2n) is 3.21. The normalized spacial score (nSPS) is 26.3. The maximum atomic E-state index is 5.37. The highest BCUT2D eigenvalue weighted by Crippen LogP contribution is 2.20. The summed E-state index contributed by atoms with van der Waals surface area (Å²) >= 11 is 0. The molecular weight excluding hydrogens is 168 g/mol. The van der Waals surface area contributed by atoms with Crippen molar-refractivity contribution in [1.29, 1.82) is 0 Å². The van der Waals surface area contributed by atoms with Gasteiger partial charge in [-0.1, -0.05) is 6.92 Å². The molecule has 1 aliphatic rings. The lowest BCUT2D eigenvalue weighted by molar-refractivity contribution is 0.0507. The highest BCUT2D eigenvalue weighted by molar-refractivity contribution is 4.74. The Morgan fingerprint density at radius 3 is 2.92 bits per heavy atom. The first kappa shape index (κ1) is 10.9. The second kappa shape index (κ2) is 6.32. The van der Waals surface area contributed by atoms with Crippen LogP contribution >= 0.6 is 0 Å². The molecule has 0 bridgehead atoms. The fourth-order valence-electron chi connectivity index (χ4n) is 1.11. The van der Waals surface area contributed by atoms with Gasteiger partial charge in [0.15, 0.2) is 12.5 Å². The fraction of sp³-hybridized carbons (Fsp3) is 1.00. The molecule has 4 nitrogen and oxygen atoms in total. The van der Waals surface area contributed by atoms with E-state index in [1.54, 1.807) is 0 Å². The molecule has 1 aliphatic heterocycles. The molecule has 0 spiro atoms. The Morgan fingerprint density at radius 1 is 1.38 bits per heavy atom. The average molecular weight is 188 g/mol.